The number of aromatic nitrogens is 3. The predicted octanol–water partition coefficient (Wildman–Crippen LogP) is 3.87. The van der Waals surface area contributed by atoms with Gasteiger partial charge in [0.1, 0.15) is 0 Å². The van der Waals surface area contributed by atoms with Crippen molar-refractivity contribution in [3.8, 4) is 0 Å². The molecule has 1 aliphatic carbocycles. The zero-order valence-corrected chi connectivity index (χ0v) is 12.2. The van der Waals surface area contributed by atoms with Crippen molar-refractivity contribution in [1.29, 1.82) is 0 Å². The summed E-state index contributed by atoms with van der Waals surface area (Å²) in [4.78, 5) is 8.73. The fourth-order valence-corrected chi connectivity index (χ4v) is 3.01. The number of imidazole rings is 1. The number of hydrogen-bond donors (Lipinski definition) is 1. The number of hydrogen-bond acceptors (Lipinski definition) is 3. The first kappa shape index (κ1) is 13.2. The third-order valence-corrected chi connectivity index (χ3v) is 4.12. The Hall–Kier alpha value is -1.84. The van der Waals surface area contributed by atoms with Crippen molar-refractivity contribution in [2.45, 2.75) is 51.6 Å². The molecule has 2 heterocycles. The zero-order valence-electron chi connectivity index (χ0n) is 12.2. The van der Waals surface area contributed by atoms with Gasteiger partial charge in [0, 0.05) is 24.6 Å². The average Bonchev–Trinajstić information content (AvgIpc) is 3.09. The molecular formula is C16H22N4. The van der Waals surface area contributed by atoms with Gasteiger partial charge in [0.05, 0.1) is 11.7 Å². The standard InChI is InChI=1S/C16H22N4/c1-12-11-20(15-5-3-4-6-15)16(18-12)19-13(2)14-7-9-17-10-8-14/h7-11,13,15H,3-6H2,1-2H3,(H,18,19). The van der Waals surface area contributed by atoms with E-state index in [-0.39, 0.29) is 6.04 Å². The summed E-state index contributed by atoms with van der Waals surface area (Å²) in [5.74, 6) is 0.999. The summed E-state index contributed by atoms with van der Waals surface area (Å²) in [6.07, 6.45) is 11.1. The minimum absolute atomic E-state index is 0.236. The molecule has 20 heavy (non-hydrogen) atoms. The maximum absolute atomic E-state index is 4.66. The molecule has 2 aromatic rings. The molecule has 1 atom stereocenters. The minimum atomic E-state index is 0.236. The van der Waals surface area contributed by atoms with Crippen molar-refractivity contribution in [3.63, 3.8) is 0 Å². The Bertz CT molecular complexity index is 555. The summed E-state index contributed by atoms with van der Waals surface area (Å²) in [6, 6.07) is 4.95. The molecule has 1 saturated carbocycles. The van der Waals surface area contributed by atoms with E-state index in [0.717, 1.165) is 11.6 Å². The van der Waals surface area contributed by atoms with Crippen LogP contribution < -0.4 is 5.32 Å². The molecule has 2 aromatic heterocycles. The van der Waals surface area contributed by atoms with Crippen molar-refractivity contribution >= 4 is 5.95 Å². The number of nitrogens with zero attached hydrogens (tertiary/aromatic N) is 3. The van der Waals surface area contributed by atoms with Gasteiger partial charge < -0.3 is 9.88 Å². The van der Waals surface area contributed by atoms with E-state index in [2.05, 4.69) is 39.9 Å². The molecule has 0 aliphatic heterocycles. The number of nitrogens with one attached hydrogen (secondary N) is 1. The normalized spacial score (nSPS) is 17.3. The van der Waals surface area contributed by atoms with E-state index in [4.69, 9.17) is 0 Å². The molecule has 106 valence electrons. The van der Waals surface area contributed by atoms with Crippen LogP contribution in [0.15, 0.2) is 30.7 Å². The molecule has 1 unspecified atom stereocenters. The lowest BCUT2D eigenvalue weighted by Gasteiger charge is -2.19. The second kappa shape index (κ2) is 5.65. The Morgan fingerprint density at radius 3 is 2.65 bits per heavy atom. The van der Waals surface area contributed by atoms with Gasteiger partial charge in [-0.25, -0.2) is 4.98 Å². The highest BCUT2D eigenvalue weighted by Gasteiger charge is 2.21. The van der Waals surface area contributed by atoms with Crippen LogP contribution in [0, 0.1) is 6.92 Å². The fourth-order valence-electron chi connectivity index (χ4n) is 3.01. The Labute approximate surface area is 120 Å². The summed E-state index contributed by atoms with van der Waals surface area (Å²) in [6.45, 7) is 4.23. The van der Waals surface area contributed by atoms with Crippen LogP contribution in [0.5, 0.6) is 0 Å². The molecule has 0 amide bonds. The monoisotopic (exact) mass is 270 g/mol. The number of pyridine rings is 1. The number of rotatable bonds is 4. The number of aryl methyl sites for hydroxylation is 1. The first-order chi connectivity index (χ1) is 9.74. The van der Waals surface area contributed by atoms with Crippen LogP contribution in [0.1, 0.15) is 55.9 Å². The highest BCUT2D eigenvalue weighted by molar-refractivity contribution is 5.34. The van der Waals surface area contributed by atoms with Gasteiger partial charge in [-0.3, -0.25) is 4.98 Å². The summed E-state index contributed by atoms with van der Waals surface area (Å²) in [5, 5.41) is 3.55. The molecule has 0 saturated heterocycles. The maximum Gasteiger partial charge on any atom is 0.203 e. The molecule has 1 fully saturated rings. The predicted molar refractivity (Wildman–Crippen MR) is 80.7 cm³/mol. The lowest BCUT2D eigenvalue weighted by Crippen LogP contribution is -2.14. The third-order valence-electron chi connectivity index (χ3n) is 4.12. The summed E-state index contributed by atoms with van der Waals surface area (Å²) < 4.78 is 2.33. The van der Waals surface area contributed by atoms with E-state index < -0.39 is 0 Å². The van der Waals surface area contributed by atoms with E-state index in [0.29, 0.717) is 6.04 Å². The quantitative estimate of drug-likeness (QED) is 0.917. The Kier molecular flexibility index (Phi) is 3.72. The second-order valence-electron chi connectivity index (χ2n) is 5.70. The minimum Gasteiger partial charge on any atom is -0.349 e. The molecule has 4 heteroatoms. The largest absolute Gasteiger partial charge is 0.349 e. The Balaban J connectivity index is 1.80. The fraction of sp³-hybridized carbons (Fsp3) is 0.500. The summed E-state index contributed by atoms with van der Waals surface area (Å²) in [5.41, 5.74) is 2.32. The molecule has 4 nitrogen and oxygen atoms in total. The molecule has 1 aliphatic rings. The molecule has 3 rings (SSSR count). The van der Waals surface area contributed by atoms with E-state index in [1.165, 1.54) is 31.2 Å². The molecule has 0 bridgehead atoms. The van der Waals surface area contributed by atoms with Crippen LogP contribution >= 0.6 is 0 Å². The van der Waals surface area contributed by atoms with Crippen LogP contribution in [0.4, 0.5) is 5.95 Å². The van der Waals surface area contributed by atoms with Gasteiger partial charge in [-0.1, -0.05) is 12.8 Å². The van der Waals surface area contributed by atoms with Crippen LogP contribution in [0.3, 0.4) is 0 Å². The molecular weight excluding hydrogens is 248 g/mol. The van der Waals surface area contributed by atoms with Crippen LogP contribution in [0.2, 0.25) is 0 Å². The summed E-state index contributed by atoms with van der Waals surface area (Å²) in [7, 11) is 0. The average molecular weight is 270 g/mol. The molecule has 0 spiro atoms. The van der Waals surface area contributed by atoms with Gasteiger partial charge in [-0.05, 0) is 44.4 Å². The van der Waals surface area contributed by atoms with Gasteiger partial charge in [0.2, 0.25) is 5.95 Å². The lowest BCUT2D eigenvalue weighted by molar-refractivity contribution is 0.520. The maximum atomic E-state index is 4.66. The lowest BCUT2D eigenvalue weighted by atomic mass is 10.1. The smallest absolute Gasteiger partial charge is 0.203 e. The SMILES string of the molecule is Cc1cn(C2CCCC2)c(NC(C)c2ccncc2)n1. The van der Waals surface area contributed by atoms with Crippen molar-refractivity contribution in [2.75, 3.05) is 5.32 Å². The topological polar surface area (TPSA) is 42.7 Å². The van der Waals surface area contributed by atoms with Gasteiger partial charge in [-0.15, -0.1) is 0 Å². The van der Waals surface area contributed by atoms with Crippen LogP contribution in [0.25, 0.3) is 0 Å². The van der Waals surface area contributed by atoms with Crippen molar-refractivity contribution in [2.24, 2.45) is 0 Å². The number of anilines is 1. The Morgan fingerprint density at radius 1 is 1.25 bits per heavy atom. The van der Waals surface area contributed by atoms with Crippen LogP contribution in [-0.2, 0) is 0 Å². The van der Waals surface area contributed by atoms with Crippen molar-refractivity contribution in [1.82, 2.24) is 14.5 Å². The highest BCUT2D eigenvalue weighted by atomic mass is 15.2. The molecule has 0 radical (unpaired) electrons. The summed E-state index contributed by atoms with van der Waals surface area (Å²) >= 11 is 0. The van der Waals surface area contributed by atoms with E-state index in [9.17, 15) is 0 Å². The van der Waals surface area contributed by atoms with Gasteiger partial charge >= 0.3 is 0 Å². The van der Waals surface area contributed by atoms with E-state index in [1.54, 1.807) is 0 Å². The van der Waals surface area contributed by atoms with E-state index >= 15 is 0 Å². The van der Waals surface area contributed by atoms with Crippen molar-refractivity contribution in [3.05, 3.63) is 42.0 Å². The van der Waals surface area contributed by atoms with Gasteiger partial charge in [0.25, 0.3) is 0 Å². The van der Waals surface area contributed by atoms with Crippen LogP contribution in [-0.4, -0.2) is 14.5 Å². The molecule has 1 N–H and O–H groups in total. The third kappa shape index (κ3) is 2.69. The zero-order chi connectivity index (χ0) is 13.9. The highest BCUT2D eigenvalue weighted by Crippen LogP contribution is 2.32. The molecule has 0 aromatic carbocycles. The van der Waals surface area contributed by atoms with Gasteiger partial charge in [-0.2, -0.15) is 0 Å². The Morgan fingerprint density at radius 2 is 1.95 bits per heavy atom. The van der Waals surface area contributed by atoms with Crippen molar-refractivity contribution < 1.29 is 0 Å². The first-order valence-electron chi connectivity index (χ1n) is 7.46. The van der Waals surface area contributed by atoms with Gasteiger partial charge in [0.15, 0.2) is 0 Å². The second-order valence-corrected chi connectivity index (χ2v) is 5.70. The van der Waals surface area contributed by atoms with E-state index in [1.807, 2.05) is 24.5 Å². The first-order valence-corrected chi connectivity index (χ1v) is 7.46.